The third-order valence-corrected chi connectivity index (χ3v) is 3.90. The van der Waals surface area contributed by atoms with Crippen LogP contribution in [0.3, 0.4) is 0 Å². The summed E-state index contributed by atoms with van der Waals surface area (Å²) in [5.74, 6) is 0.473. The van der Waals surface area contributed by atoms with E-state index in [0.29, 0.717) is 12.5 Å². The molecule has 1 unspecified atom stereocenters. The first-order valence-electron chi connectivity index (χ1n) is 7.76. The Morgan fingerprint density at radius 2 is 1.56 bits per heavy atom. The summed E-state index contributed by atoms with van der Waals surface area (Å²) in [4.78, 5) is 12.5. The average molecular weight is 256 g/mol. The topological polar surface area (TPSA) is 26.3 Å². The van der Waals surface area contributed by atoms with Crippen LogP contribution in [0.25, 0.3) is 0 Å². The van der Waals surface area contributed by atoms with E-state index in [9.17, 15) is 4.79 Å². The lowest BCUT2D eigenvalue weighted by Gasteiger charge is -2.37. The van der Waals surface area contributed by atoms with Crippen molar-refractivity contribution in [3.05, 3.63) is 0 Å². The summed E-state index contributed by atoms with van der Waals surface area (Å²) >= 11 is 0. The molecule has 0 amide bonds. The lowest BCUT2D eigenvalue weighted by Crippen LogP contribution is -2.39. The van der Waals surface area contributed by atoms with Gasteiger partial charge in [-0.15, -0.1) is 0 Å². The molecule has 0 aliphatic carbocycles. The zero-order chi connectivity index (χ0) is 14.0. The summed E-state index contributed by atoms with van der Waals surface area (Å²) in [5.41, 5.74) is -0.241. The van der Waals surface area contributed by atoms with Gasteiger partial charge in [0.2, 0.25) is 0 Å². The van der Waals surface area contributed by atoms with E-state index in [4.69, 9.17) is 4.74 Å². The molecule has 1 atom stereocenters. The monoisotopic (exact) mass is 256 g/mol. The number of hydrogen-bond acceptors (Lipinski definition) is 2. The normalized spacial score (nSPS) is 13.4. The van der Waals surface area contributed by atoms with Crippen LogP contribution >= 0.6 is 0 Å². The molecule has 18 heavy (non-hydrogen) atoms. The molecule has 0 heterocycles. The SMILES string of the molecule is CCCOC(=O)C(CCC)(CCC)C(C)CCC. The van der Waals surface area contributed by atoms with Gasteiger partial charge in [-0.2, -0.15) is 0 Å². The highest BCUT2D eigenvalue weighted by Crippen LogP contribution is 2.41. The van der Waals surface area contributed by atoms with Crippen LogP contribution in [-0.2, 0) is 9.53 Å². The summed E-state index contributed by atoms with van der Waals surface area (Å²) in [5, 5.41) is 0. The van der Waals surface area contributed by atoms with Crippen molar-refractivity contribution in [2.24, 2.45) is 11.3 Å². The van der Waals surface area contributed by atoms with E-state index < -0.39 is 0 Å². The zero-order valence-electron chi connectivity index (χ0n) is 13.1. The number of carbonyl (C=O) groups excluding carboxylic acids is 1. The molecular formula is C16H32O2. The van der Waals surface area contributed by atoms with E-state index in [2.05, 4.69) is 27.7 Å². The second-order valence-electron chi connectivity index (χ2n) is 5.48. The maximum absolute atomic E-state index is 12.5. The van der Waals surface area contributed by atoms with Crippen molar-refractivity contribution in [3.63, 3.8) is 0 Å². The molecule has 0 saturated heterocycles. The Morgan fingerprint density at radius 1 is 1.00 bits per heavy atom. The van der Waals surface area contributed by atoms with Gasteiger partial charge in [0.05, 0.1) is 12.0 Å². The molecule has 2 heteroatoms. The highest BCUT2D eigenvalue weighted by molar-refractivity contribution is 5.77. The number of ether oxygens (including phenoxy) is 1. The standard InChI is InChI=1S/C16H32O2/c1-6-10-14(5)16(11-7-2,12-8-3)15(17)18-13-9-4/h14H,6-13H2,1-5H3. The Morgan fingerprint density at radius 3 is 1.94 bits per heavy atom. The van der Waals surface area contributed by atoms with E-state index in [1.54, 1.807) is 0 Å². The van der Waals surface area contributed by atoms with Gasteiger partial charge >= 0.3 is 5.97 Å². The van der Waals surface area contributed by atoms with E-state index in [1.165, 1.54) is 0 Å². The molecule has 0 aromatic rings. The summed E-state index contributed by atoms with van der Waals surface area (Å²) in [7, 11) is 0. The molecule has 0 aromatic carbocycles. The number of rotatable bonds is 10. The number of hydrogen-bond donors (Lipinski definition) is 0. The molecule has 0 aliphatic heterocycles. The fourth-order valence-corrected chi connectivity index (χ4v) is 2.96. The van der Waals surface area contributed by atoms with Gasteiger partial charge in [-0.1, -0.05) is 53.9 Å². The molecule has 0 fully saturated rings. The molecule has 0 saturated carbocycles. The van der Waals surface area contributed by atoms with Crippen LogP contribution < -0.4 is 0 Å². The average Bonchev–Trinajstić information content (AvgIpc) is 2.35. The largest absolute Gasteiger partial charge is 0.465 e. The highest BCUT2D eigenvalue weighted by atomic mass is 16.5. The van der Waals surface area contributed by atoms with Gasteiger partial charge in [-0.25, -0.2) is 0 Å². The highest BCUT2D eigenvalue weighted by Gasteiger charge is 2.42. The van der Waals surface area contributed by atoms with E-state index >= 15 is 0 Å². The molecule has 0 N–H and O–H groups in total. The summed E-state index contributed by atoms with van der Waals surface area (Å²) in [6, 6.07) is 0. The third-order valence-electron chi connectivity index (χ3n) is 3.90. The van der Waals surface area contributed by atoms with Crippen molar-refractivity contribution < 1.29 is 9.53 Å². The van der Waals surface area contributed by atoms with Gasteiger partial charge < -0.3 is 4.74 Å². The third kappa shape index (κ3) is 4.62. The van der Waals surface area contributed by atoms with Crippen LogP contribution in [0.15, 0.2) is 0 Å². The molecule has 0 aliphatic rings. The van der Waals surface area contributed by atoms with Gasteiger partial charge in [-0.05, 0) is 31.6 Å². The maximum Gasteiger partial charge on any atom is 0.312 e. The molecule has 0 rings (SSSR count). The van der Waals surface area contributed by atoms with Crippen molar-refractivity contribution in [1.82, 2.24) is 0 Å². The van der Waals surface area contributed by atoms with Crippen LogP contribution in [0.2, 0.25) is 0 Å². The first-order chi connectivity index (χ1) is 8.58. The first-order valence-corrected chi connectivity index (χ1v) is 7.76. The minimum atomic E-state index is -0.241. The number of carbonyl (C=O) groups is 1. The predicted octanol–water partition coefficient (Wildman–Crippen LogP) is 4.96. The Kier molecular flexibility index (Phi) is 9.13. The molecule has 0 aromatic heterocycles. The first kappa shape index (κ1) is 17.5. The van der Waals surface area contributed by atoms with Gasteiger partial charge in [0.1, 0.15) is 0 Å². The smallest absolute Gasteiger partial charge is 0.312 e. The Bertz CT molecular complexity index is 217. The second-order valence-corrected chi connectivity index (χ2v) is 5.48. The lowest BCUT2D eigenvalue weighted by molar-refractivity contribution is -0.161. The van der Waals surface area contributed by atoms with Crippen molar-refractivity contribution >= 4 is 5.97 Å². The van der Waals surface area contributed by atoms with E-state index in [0.717, 1.165) is 44.9 Å². The van der Waals surface area contributed by atoms with Gasteiger partial charge in [0.15, 0.2) is 0 Å². The molecule has 0 bridgehead atoms. The van der Waals surface area contributed by atoms with Crippen LogP contribution in [-0.4, -0.2) is 12.6 Å². The van der Waals surface area contributed by atoms with Gasteiger partial charge in [-0.3, -0.25) is 4.79 Å². The van der Waals surface area contributed by atoms with Crippen molar-refractivity contribution in [2.45, 2.75) is 79.6 Å². The second kappa shape index (κ2) is 9.41. The molecule has 2 nitrogen and oxygen atoms in total. The molecule has 0 radical (unpaired) electrons. The minimum Gasteiger partial charge on any atom is -0.465 e. The van der Waals surface area contributed by atoms with Crippen LogP contribution in [0, 0.1) is 11.3 Å². The summed E-state index contributed by atoms with van der Waals surface area (Å²) in [6.07, 6.45) is 7.18. The molecule has 108 valence electrons. The summed E-state index contributed by atoms with van der Waals surface area (Å²) < 4.78 is 5.49. The Balaban J connectivity index is 4.98. The molecular weight excluding hydrogens is 224 g/mol. The van der Waals surface area contributed by atoms with Gasteiger partial charge in [0, 0.05) is 0 Å². The van der Waals surface area contributed by atoms with Crippen LogP contribution in [0.4, 0.5) is 0 Å². The maximum atomic E-state index is 12.5. The van der Waals surface area contributed by atoms with Crippen molar-refractivity contribution in [3.8, 4) is 0 Å². The lowest BCUT2D eigenvalue weighted by atomic mass is 9.68. The van der Waals surface area contributed by atoms with E-state index in [-0.39, 0.29) is 11.4 Å². The van der Waals surface area contributed by atoms with Crippen molar-refractivity contribution in [2.75, 3.05) is 6.61 Å². The zero-order valence-corrected chi connectivity index (χ0v) is 13.1. The van der Waals surface area contributed by atoms with E-state index in [1.807, 2.05) is 6.92 Å². The summed E-state index contributed by atoms with van der Waals surface area (Å²) in [6.45, 7) is 11.3. The van der Waals surface area contributed by atoms with Crippen LogP contribution in [0.5, 0.6) is 0 Å². The minimum absolute atomic E-state index is 0.0500. The molecule has 0 spiro atoms. The fourth-order valence-electron chi connectivity index (χ4n) is 2.96. The number of esters is 1. The fraction of sp³-hybridized carbons (Fsp3) is 0.938. The van der Waals surface area contributed by atoms with Gasteiger partial charge in [0.25, 0.3) is 0 Å². The predicted molar refractivity (Wildman–Crippen MR) is 77.6 cm³/mol. The quantitative estimate of drug-likeness (QED) is 0.516. The van der Waals surface area contributed by atoms with Crippen LogP contribution in [0.1, 0.15) is 79.6 Å². The van der Waals surface area contributed by atoms with Crippen molar-refractivity contribution in [1.29, 1.82) is 0 Å². The Hall–Kier alpha value is -0.530. The Labute approximate surface area is 113 Å².